The molecule has 0 radical (unpaired) electrons. The first kappa shape index (κ1) is 33.7. The number of anilines is 3. The minimum Gasteiger partial charge on any atom is -0.458 e. The number of hydrogen-bond acceptors (Lipinski definition) is 2. The van der Waals surface area contributed by atoms with Crippen molar-refractivity contribution in [2.75, 3.05) is 4.90 Å². The van der Waals surface area contributed by atoms with E-state index in [9.17, 15) is 0 Å². The van der Waals surface area contributed by atoms with Crippen LogP contribution in [0.5, 0.6) is 11.5 Å². The van der Waals surface area contributed by atoms with Crippen LogP contribution in [-0.2, 0) is 5.41 Å². The summed E-state index contributed by atoms with van der Waals surface area (Å²) >= 11 is 0. The van der Waals surface area contributed by atoms with Gasteiger partial charge in [-0.25, -0.2) is 0 Å². The molecule has 268 valence electrons. The van der Waals surface area contributed by atoms with E-state index in [2.05, 4.69) is 198 Å². The molecule has 0 aromatic heterocycles. The van der Waals surface area contributed by atoms with Crippen molar-refractivity contribution in [1.82, 2.24) is 0 Å². The Bertz CT molecular complexity index is 2530. The molecule has 0 saturated carbocycles. The summed E-state index contributed by atoms with van der Waals surface area (Å²) < 4.78 is 6.96. The highest BCUT2D eigenvalue weighted by Gasteiger charge is 2.51. The van der Waals surface area contributed by atoms with Crippen LogP contribution < -0.4 is 26.0 Å². The van der Waals surface area contributed by atoms with Crippen LogP contribution in [0.4, 0.5) is 17.1 Å². The van der Waals surface area contributed by atoms with Gasteiger partial charge in [-0.15, -0.1) is 0 Å². The maximum Gasteiger partial charge on any atom is 0.251 e. The fourth-order valence-corrected chi connectivity index (χ4v) is 10.1. The van der Waals surface area contributed by atoms with Gasteiger partial charge in [-0.05, 0) is 103 Å². The zero-order chi connectivity index (χ0) is 37.6. The smallest absolute Gasteiger partial charge is 0.251 e. The van der Waals surface area contributed by atoms with Gasteiger partial charge < -0.3 is 9.64 Å². The molecule has 7 aromatic rings. The van der Waals surface area contributed by atoms with Crippen molar-refractivity contribution < 1.29 is 4.74 Å². The molecule has 0 bridgehead atoms. The molecule has 10 rings (SSSR count). The third-order valence-corrected chi connectivity index (χ3v) is 12.5. The van der Waals surface area contributed by atoms with Gasteiger partial charge in [-0.2, -0.15) is 0 Å². The van der Waals surface area contributed by atoms with Crippen molar-refractivity contribution in [3.8, 4) is 22.6 Å². The van der Waals surface area contributed by atoms with Crippen molar-refractivity contribution in [3.63, 3.8) is 0 Å². The maximum atomic E-state index is 6.96. The zero-order valence-corrected chi connectivity index (χ0v) is 32.6. The molecular weight excluding hydrogens is 665 g/mol. The highest BCUT2D eigenvalue weighted by atomic mass is 16.5. The number of hydrogen-bond donors (Lipinski definition) is 0. The molecule has 0 saturated heterocycles. The van der Waals surface area contributed by atoms with Crippen LogP contribution in [-0.4, -0.2) is 6.71 Å². The van der Waals surface area contributed by atoms with Crippen LogP contribution in [0.3, 0.4) is 0 Å². The van der Waals surface area contributed by atoms with Gasteiger partial charge in [0.2, 0.25) is 0 Å². The van der Waals surface area contributed by atoms with E-state index in [0.29, 0.717) is 17.8 Å². The van der Waals surface area contributed by atoms with Crippen molar-refractivity contribution in [2.24, 2.45) is 0 Å². The van der Waals surface area contributed by atoms with Crippen LogP contribution >= 0.6 is 0 Å². The standard InChI is InChI=1S/C52H46BNO/c1-32(2)35-29-39(33(3)4)51(40(30-35)34(5)6)53-45-23-13-16-26-49(45)55-50-31-36(27-28-46(50)53)54-47-24-14-11-21-43(47)52(44-22-12-15-25-48(44)54)41-19-9-7-17-37(41)38-18-8-10-20-42(38)52/h7-34H,1-6H3. The highest BCUT2D eigenvalue weighted by molar-refractivity contribution is 6.97. The van der Waals surface area contributed by atoms with Crippen LogP contribution in [0.25, 0.3) is 11.1 Å². The number of rotatable bonds is 5. The number of para-hydroxylation sites is 3. The Hall–Kier alpha value is -5.80. The van der Waals surface area contributed by atoms with Crippen LogP contribution in [0.1, 0.15) is 98.2 Å². The summed E-state index contributed by atoms with van der Waals surface area (Å²) in [7, 11) is 0. The van der Waals surface area contributed by atoms with Gasteiger partial charge in [0, 0.05) is 11.8 Å². The SMILES string of the molecule is CC(C)c1cc(C(C)C)c(B2c3ccccc3Oc3cc(N4c5ccccc5C5(c6ccccc6-c6ccccc65)c5ccccc54)ccc32)c(C(C)C)c1. The second kappa shape index (κ2) is 12.6. The topological polar surface area (TPSA) is 12.5 Å². The lowest BCUT2D eigenvalue weighted by Gasteiger charge is -2.45. The maximum absolute atomic E-state index is 6.96. The van der Waals surface area contributed by atoms with Crippen LogP contribution in [0, 0.1) is 0 Å². The molecule has 7 aromatic carbocycles. The van der Waals surface area contributed by atoms with Gasteiger partial charge in [-0.1, -0.05) is 168 Å². The van der Waals surface area contributed by atoms with E-state index in [1.165, 1.54) is 77.8 Å². The fraction of sp³-hybridized carbons (Fsp3) is 0.192. The molecule has 2 aliphatic heterocycles. The van der Waals surface area contributed by atoms with Crippen molar-refractivity contribution in [3.05, 3.63) is 191 Å². The summed E-state index contributed by atoms with van der Waals surface area (Å²) in [5, 5.41) is 0. The number of fused-ring (bicyclic) bond motifs is 11. The van der Waals surface area contributed by atoms with Gasteiger partial charge in [0.1, 0.15) is 11.5 Å². The first-order valence-electron chi connectivity index (χ1n) is 20.1. The Morgan fingerprint density at radius 2 is 0.964 bits per heavy atom. The minimum atomic E-state index is -0.436. The average molecular weight is 712 g/mol. The Morgan fingerprint density at radius 1 is 0.473 bits per heavy atom. The molecule has 0 fully saturated rings. The molecule has 0 atom stereocenters. The normalized spacial score (nSPS) is 14.3. The predicted octanol–water partition coefficient (Wildman–Crippen LogP) is 11.8. The Labute approximate surface area is 326 Å². The molecule has 1 aliphatic carbocycles. The van der Waals surface area contributed by atoms with Crippen molar-refractivity contribution >= 4 is 40.2 Å². The van der Waals surface area contributed by atoms with E-state index in [-0.39, 0.29) is 6.71 Å². The van der Waals surface area contributed by atoms with Gasteiger partial charge in [0.25, 0.3) is 6.71 Å². The molecule has 0 amide bonds. The van der Waals surface area contributed by atoms with Crippen molar-refractivity contribution in [1.29, 1.82) is 0 Å². The van der Waals surface area contributed by atoms with E-state index in [1.54, 1.807) is 0 Å². The number of benzene rings is 7. The second-order valence-electron chi connectivity index (χ2n) is 16.6. The second-order valence-corrected chi connectivity index (χ2v) is 16.6. The number of nitrogens with zero attached hydrogens (tertiary/aromatic N) is 1. The lowest BCUT2D eigenvalue weighted by molar-refractivity contribution is 0.487. The minimum absolute atomic E-state index is 0.0562. The van der Waals surface area contributed by atoms with Crippen molar-refractivity contribution in [2.45, 2.75) is 64.7 Å². The molecule has 55 heavy (non-hydrogen) atoms. The lowest BCUT2D eigenvalue weighted by Crippen LogP contribution is -2.57. The zero-order valence-electron chi connectivity index (χ0n) is 32.6. The van der Waals surface area contributed by atoms with Gasteiger partial charge >= 0.3 is 0 Å². The van der Waals surface area contributed by atoms with E-state index in [4.69, 9.17) is 4.74 Å². The fourth-order valence-electron chi connectivity index (χ4n) is 10.1. The summed E-state index contributed by atoms with van der Waals surface area (Å²) in [6, 6.07) is 56.7. The average Bonchev–Trinajstić information content (AvgIpc) is 3.50. The van der Waals surface area contributed by atoms with Crippen LogP contribution in [0.15, 0.2) is 152 Å². The molecule has 2 heterocycles. The Kier molecular flexibility index (Phi) is 7.75. The third kappa shape index (κ3) is 4.81. The Balaban J connectivity index is 1.20. The van der Waals surface area contributed by atoms with E-state index < -0.39 is 5.41 Å². The lowest BCUT2D eigenvalue weighted by atomic mass is 9.34. The summed E-state index contributed by atoms with van der Waals surface area (Å²) in [5.41, 5.74) is 19.1. The molecule has 0 unspecified atom stereocenters. The van der Waals surface area contributed by atoms with E-state index >= 15 is 0 Å². The predicted molar refractivity (Wildman–Crippen MR) is 232 cm³/mol. The first-order chi connectivity index (χ1) is 26.8. The summed E-state index contributed by atoms with van der Waals surface area (Å²) in [6.45, 7) is 14.1. The molecule has 2 nitrogen and oxygen atoms in total. The molecule has 0 N–H and O–H groups in total. The molecule has 3 heteroatoms. The quantitative estimate of drug-likeness (QED) is 0.165. The molecular formula is C52H46BNO. The van der Waals surface area contributed by atoms with E-state index in [1.807, 2.05) is 0 Å². The third-order valence-electron chi connectivity index (χ3n) is 12.5. The van der Waals surface area contributed by atoms with Gasteiger partial charge in [-0.3, -0.25) is 0 Å². The van der Waals surface area contributed by atoms with Gasteiger partial charge in [0.05, 0.1) is 16.8 Å². The summed E-state index contributed by atoms with van der Waals surface area (Å²) in [4.78, 5) is 2.47. The number of ether oxygens (including phenoxy) is 1. The summed E-state index contributed by atoms with van der Waals surface area (Å²) in [6.07, 6.45) is 0. The Morgan fingerprint density at radius 3 is 1.53 bits per heavy atom. The largest absolute Gasteiger partial charge is 0.458 e. The molecule has 3 aliphatic rings. The van der Waals surface area contributed by atoms with Gasteiger partial charge in [0.15, 0.2) is 0 Å². The van der Waals surface area contributed by atoms with E-state index in [0.717, 1.165) is 17.2 Å². The monoisotopic (exact) mass is 711 g/mol. The molecule has 1 spiro atoms. The summed E-state index contributed by atoms with van der Waals surface area (Å²) in [5.74, 6) is 3.07. The first-order valence-corrected chi connectivity index (χ1v) is 20.1. The highest BCUT2D eigenvalue weighted by Crippen LogP contribution is 2.63. The van der Waals surface area contributed by atoms with Crippen LogP contribution in [0.2, 0.25) is 0 Å².